The summed E-state index contributed by atoms with van der Waals surface area (Å²) in [6.45, 7) is 2.24. The number of rotatable bonds is 8. The average molecular weight is 378 g/mol. The molecular formula is C21H22N4O3. The third-order valence-corrected chi connectivity index (χ3v) is 4.52. The van der Waals surface area contributed by atoms with Crippen molar-refractivity contribution in [2.24, 2.45) is 0 Å². The summed E-state index contributed by atoms with van der Waals surface area (Å²) in [7, 11) is 1.99. The first-order valence-electron chi connectivity index (χ1n) is 8.88. The lowest BCUT2D eigenvalue weighted by atomic mass is 10.0. The van der Waals surface area contributed by atoms with Crippen LogP contribution in [0, 0.1) is 0 Å². The summed E-state index contributed by atoms with van der Waals surface area (Å²) < 4.78 is 5.51. The zero-order chi connectivity index (χ0) is 19.9. The molecule has 7 heteroatoms. The van der Waals surface area contributed by atoms with Crippen molar-refractivity contribution in [2.45, 2.75) is 19.5 Å². The Labute approximate surface area is 163 Å². The molecule has 144 valence electrons. The molecule has 2 aromatic heterocycles. The van der Waals surface area contributed by atoms with E-state index in [4.69, 9.17) is 9.84 Å². The lowest BCUT2D eigenvalue weighted by molar-refractivity contribution is -0.139. The number of carboxylic acid groups (broad SMARTS) is 1. The van der Waals surface area contributed by atoms with Gasteiger partial charge < -0.3 is 9.84 Å². The van der Waals surface area contributed by atoms with E-state index in [-0.39, 0.29) is 12.6 Å². The minimum atomic E-state index is -1.01. The van der Waals surface area contributed by atoms with Crippen molar-refractivity contribution in [2.75, 3.05) is 13.7 Å². The van der Waals surface area contributed by atoms with Crippen molar-refractivity contribution in [1.82, 2.24) is 19.9 Å². The van der Waals surface area contributed by atoms with E-state index < -0.39 is 5.97 Å². The van der Waals surface area contributed by atoms with Gasteiger partial charge in [0.2, 0.25) is 0 Å². The lowest BCUT2D eigenvalue weighted by Crippen LogP contribution is -2.23. The second-order valence-corrected chi connectivity index (χ2v) is 6.47. The zero-order valence-electron chi connectivity index (χ0n) is 15.8. The van der Waals surface area contributed by atoms with E-state index in [1.807, 2.05) is 43.4 Å². The molecule has 0 saturated heterocycles. The maximum Gasteiger partial charge on any atom is 0.341 e. The molecule has 7 nitrogen and oxygen atoms in total. The Kier molecular flexibility index (Phi) is 6.29. The number of ether oxygens (including phenoxy) is 1. The number of carbonyl (C=O) groups is 1. The number of aliphatic carboxylic acids is 1. The Morgan fingerprint density at radius 2 is 2.04 bits per heavy atom. The van der Waals surface area contributed by atoms with Crippen LogP contribution in [0.25, 0.3) is 11.1 Å². The van der Waals surface area contributed by atoms with Gasteiger partial charge in [0.05, 0.1) is 5.69 Å². The fourth-order valence-corrected chi connectivity index (χ4v) is 2.88. The molecule has 0 radical (unpaired) electrons. The Morgan fingerprint density at radius 3 is 2.71 bits per heavy atom. The van der Waals surface area contributed by atoms with Crippen LogP contribution in [0.2, 0.25) is 0 Å². The van der Waals surface area contributed by atoms with Crippen molar-refractivity contribution < 1.29 is 14.6 Å². The summed E-state index contributed by atoms with van der Waals surface area (Å²) in [5.74, 6) is -0.457. The second-order valence-electron chi connectivity index (χ2n) is 6.47. The Bertz CT molecular complexity index is 919. The fraction of sp³-hybridized carbons (Fsp3) is 0.238. The molecular weight excluding hydrogens is 356 g/mol. The van der Waals surface area contributed by atoms with Gasteiger partial charge in [-0.3, -0.25) is 9.88 Å². The highest BCUT2D eigenvalue weighted by atomic mass is 16.5. The molecule has 0 unspecified atom stereocenters. The van der Waals surface area contributed by atoms with Gasteiger partial charge in [-0.1, -0.05) is 12.1 Å². The second kappa shape index (κ2) is 9.05. The van der Waals surface area contributed by atoms with Crippen LogP contribution < -0.4 is 4.74 Å². The lowest BCUT2D eigenvalue weighted by Gasteiger charge is -2.25. The zero-order valence-corrected chi connectivity index (χ0v) is 15.8. The van der Waals surface area contributed by atoms with E-state index in [0.29, 0.717) is 12.3 Å². The predicted molar refractivity (Wildman–Crippen MR) is 105 cm³/mol. The van der Waals surface area contributed by atoms with E-state index >= 15 is 0 Å². The van der Waals surface area contributed by atoms with Crippen LogP contribution in [0.3, 0.4) is 0 Å². The third kappa shape index (κ3) is 4.89. The van der Waals surface area contributed by atoms with Crippen LogP contribution in [-0.4, -0.2) is 44.6 Å². The molecule has 0 fully saturated rings. The van der Waals surface area contributed by atoms with Crippen molar-refractivity contribution in [1.29, 1.82) is 0 Å². The average Bonchev–Trinajstić information content (AvgIpc) is 2.73. The molecule has 3 rings (SSSR count). The van der Waals surface area contributed by atoms with Crippen LogP contribution in [0.5, 0.6) is 5.75 Å². The minimum Gasteiger partial charge on any atom is -0.482 e. The van der Waals surface area contributed by atoms with Crippen LogP contribution in [-0.2, 0) is 11.3 Å². The summed E-state index contributed by atoms with van der Waals surface area (Å²) in [6, 6.07) is 11.5. The van der Waals surface area contributed by atoms with Gasteiger partial charge in [-0.25, -0.2) is 14.8 Å². The fourth-order valence-electron chi connectivity index (χ4n) is 2.88. The van der Waals surface area contributed by atoms with Crippen LogP contribution in [0.15, 0.2) is 61.3 Å². The molecule has 0 saturated carbocycles. The quantitative estimate of drug-likeness (QED) is 0.644. The first kappa shape index (κ1) is 19.4. The molecule has 0 aliphatic rings. The molecule has 0 bridgehead atoms. The number of nitrogens with zero attached hydrogens (tertiary/aromatic N) is 4. The number of hydrogen-bond acceptors (Lipinski definition) is 6. The monoisotopic (exact) mass is 378 g/mol. The molecule has 3 aromatic rings. The van der Waals surface area contributed by atoms with Gasteiger partial charge >= 0.3 is 5.97 Å². The number of hydrogen-bond donors (Lipinski definition) is 1. The highest BCUT2D eigenvalue weighted by Gasteiger charge is 2.16. The van der Waals surface area contributed by atoms with E-state index in [1.54, 1.807) is 18.6 Å². The van der Waals surface area contributed by atoms with Gasteiger partial charge in [0.25, 0.3) is 0 Å². The van der Waals surface area contributed by atoms with Gasteiger partial charge in [0.1, 0.15) is 12.1 Å². The smallest absolute Gasteiger partial charge is 0.341 e. The van der Waals surface area contributed by atoms with Crippen molar-refractivity contribution in [3.05, 3.63) is 72.6 Å². The molecule has 28 heavy (non-hydrogen) atoms. The number of aromatic nitrogens is 3. The summed E-state index contributed by atoms with van der Waals surface area (Å²) in [4.78, 5) is 25.5. The number of benzene rings is 1. The molecule has 0 aliphatic carbocycles. The largest absolute Gasteiger partial charge is 0.482 e. The summed E-state index contributed by atoms with van der Waals surface area (Å²) >= 11 is 0. The summed E-state index contributed by atoms with van der Waals surface area (Å²) in [5.41, 5.74) is 3.79. The Morgan fingerprint density at radius 1 is 1.18 bits per heavy atom. The molecule has 0 spiro atoms. The van der Waals surface area contributed by atoms with E-state index in [0.717, 1.165) is 22.4 Å². The van der Waals surface area contributed by atoms with Crippen molar-refractivity contribution >= 4 is 5.97 Å². The Balaban J connectivity index is 1.88. The highest BCUT2D eigenvalue weighted by Crippen LogP contribution is 2.29. The minimum absolute atomic E-state index is 0.0531. The topological polar surface area (TPSA) is 88.4 Å². The van der Waals surface area contributed by atoms with E-state index in [1.165, 1.54) is 6.33 Å². The van der Waals surface area contributed by atoms with E-state index in [2.05, 4.69) is 26.8 Å². The van der Waals surface area contributed by atoms with Gasteiger partial charge in [-0.05, 0) is 43.8 Å². The normalized spacial score (nSPS) is 12.0. The third-order valence-electron chi connectivity index (χ3n) is 4.52. The number of pyridine rings is 1. The highest BCUT2D eigenvalue weighted by molar-refractivity contribution is 5.69. The first-order valence-corrected chi connectivity index (χ1v) is 8.88. The van der Waals surface area contributed by atoms with Crippen molar-refractivity contribution in [3.8, 4) is 16.9 Å². The van der Waals surface area contributed by atoms with E-state index in [9.17, 15) is 4.79 Å². The molecule has 1 atom stereocenters. The molecule has 0 aliphatic heterocycles. The van der Waals surface area contributed by atoms with Crippen LogP contribution >= 0.6 is 0 Å². The first-order chi connectivity index (χ1) is 13.5. The molecule has 1 N–H and O–H groups in total. The molecule has 2 heterocycles. The van der Waals surface area contributed by atoms with Gasteiger partial charge in [-0.2, -0.15) is 0 Å². The number of carboxylic acids is 1. The van der Waals surface area contributed by atoms with Gasteiger partial charge in [-0.15, -0.1) is 0 Å². The van der Waals surface area contributed by atoms with Gasteiger partial charge in [0.15, 0.2) is 6.61 Å². The summed E-state index contributed by atoms with van der Waals surface area (Å²) in [5, 5.41) is 8.96. The maximum atomic E-state index is 10.9. The van der Waals surface area contributed by atoms with Crippen molar-refractivity contribution in [3.63, 3.8) is 0 Å². The maximum absolute atomic E-state index is 10.9. The van der Waals surface area contributed by atoms with Gasteiger partial charge in [0, 0.05) is 42.3 Å². The van der Waals surface area contributed by atoms with Crippen LogP contribution in [0.4, 0.5) is 0 Å². The predicted octanol–water partition coefficient (Wildman–Crippen LogP) is 3.20. The molecule has 1 aromatic carbocycles. The summed E-state index contributed by atoms with van der Waals surface area (Å²) in [6.07, 6.45) is 6.78. The standard InChI is InChI=1S/C21H22N4O3/c1-15(19-7-9-23-14-24-19)25(2)12-18-10-16(17-4-3-8-22-11-17)5-6-20(18)28-13-21(26)27/h3-11,14-15H,12-13H2,1-2H3,(H,26,27)/t15-/m0/s1. The Hall–Kier alpha value is -3.32. The van der Waals surface area contributed by atoms with Crippen LogP contribution in [0.1, 0.15) is 24.2 Å². The SMILES string of the molecule is C[C@@H](c1ccncn1)N(C)Cc1cc(-c2cccnc2)ccc1OCC(=O)O. The molecule has 0 amide bonds.